The lowest BCUT2D eigenvalue weighted by Gasteiger charge is -2.35. The second-order valence-electron chi connectivity index (χ2n) is 9.80. The number of carboxylic acid groups (broad SMARTS) is 1. The number of nitrogens with one attached hydrogen (secondary N) is 1. The Morgan fingerprint density at radius 3 is 2.41 bits per heavy atom. The van der Waals surface area contributed by atoms with E-state index in [9.17, 15) is 19.5 Å². The van der Waals surface area contributed by atoms with Gasteiger partial charge in [-0.3, -0.25) is 29.6 Å². The molecule has 4 fully saturated rings. The van der Waals surface area contributed by atoms with Crippen LogP contribution < -0.4 is 5.73 Å². The van der Waals surface area contributed by atoms with Gasteiger partial charge in [0.2, 0.25) is 11.8 Å². The molecule has 4 atom stereocenters. The van der Waals surface area contributed by atoms with Gasteiger partial charge in [-0.2, -0.15) is 0 Å². The summed E-state index contributed by atoms with van der Waals surface area (Å²) in [7, 11) is 0. The van der Waals surface area contributed by atoms with Crippen LogP contribution in [0.5, 0.6) is 0 Å². The number of carbonyl (C=O) groups excluding carboxylic acids is 2. The third-order valence-corrected chi connectivity index (χ3v) is 8.20. The first-order valence-corrected chi connectivity index (χ1v) is 11.7. The summed E-state index contributed by atoms with van der Waals surface area (Å²) in [6, 6.07) is 6.62. The van der Waals surface area contributed by atoms with Gasteiger partial charge in [-0.15, -0.1) is 0 Å². The van der Waals surface area contributed by atoms with Crippen molar-refractivity contribution >= 4 is 23.6 Å². The van der Waals surface area contributed by atoms with Crippen LogP contribution in [-0.2, 0) is 14.4 Å². The summed E-state index contributed by atoms with van der Waals surface area (Å²) in [5.74, 6) is -2.81. The summed E-state index contributed by atoms with van der Waals surface area (Å²) in [4.78, 5) is 43.2. The summed E-state index contributed by atoms with van der Waals surface area (Å²) in [5, 5.41) is 18.0. The van der Waals surface area contributed by atoms with Gasteiger partial charge in [-0.25, -0.2) is 0 Å². The van der Waals surface area contributed by atoms with E-state index < -0.39 is 29.4 Å². The first kappa shape index (κ1) is 21.1. The molecule has 2 amide bonds. The Bertz CT molecular complexity index is 971. The highest BCUT2D eigenvalue weighted by Crippen LogP contribution is 2.59. The molecule has 0 aromatic heterocycles. The number of nitrogens with zero attached hydrogens (tertiary/aromatic N) is 2. The molecule has 4 N–H and O–H groups in total. The normalized spacial score (nSPS) is 32.9. The summed E-state index contributed by atoms with van der Waals surface area (Å²) < 4.78 is 0. The monoisotopic (exact) mass is 438 g/mol. The smallest absolute Gasteiger partial charge is 0.325 e. The van der Waals surface area contributed by atoms with Crippen LogP contribution in [-0.4, -0.2) is 57.2 Å². The number of hydrogen-bond acceptors (Lipinski definition) is 5. The Labute approximate surface area is 187 Å². The number of imide groups is 1. The predicted octanol–water partition coefficient (Wildman–Crippen LogP) is 2.13. The number of nitrogen functional groups attached to an aromatic ring is 1. The second kappa shape index (κ2) is 7.69. The highest BCUT2D eigenvalue weighted by atomic mass is 16.4. The van der Waals surface area contributed by atoms with E-state index in [1.807, 2.05) is 17.0 Å². The Kier molecular flexibility index (Phi) is 5.08. The molecule has 170 valence electrons. The predicted molar refractivity (Wildman–Crippen MR) is 117 cm³/mol. The molecule has 4 aliphatic rings. The number of amidine groups is 1. The van der Waals surface area contributed by atoms with Crippen LogP contribution in [0.25, 0.3) is 0 Å². The molecule has 0 radical (unpaired) electrons. The van der Waals surface area contributed by atoms with Crippen molar-refractivity contribution < 1.29 is 19.5 Å². The lowest BCUT2D eigenvalue weighted by molar-refractivity contribution is -0.156. The van der Waals surface area contributed by atoms with E-state index in [0.29, 0.717) is 37.4 Å². The largest absolute Gasteiger partial charge is 0.480 e. The highest BCUT2D eigenvalue weighted by molar-refractivity contribution is 6.09. The quantitative estimate of drug-likeness (QED) is 0.367. The van der Waals surface area contributed by atoms with Crippen molar-refractivity contribution in [2.75, 3.05) is 13.1 Å². The zero-order valence-corrected chi connectivity index (χ0v) is 18.1. The zero-order valence-electron chi connectivity index (χ0n) is 18.1. The average Bonchev–Trinajstić information content (AvgIpc) is 3.40. The van der Waals surface area contributed by atoms with Crippen molar-refractivity contribution in [3.63, 3.8) is 0 Å². The molecule has 3 aliphatic heterocycles. The molecule has 32 heavy (non-hydrogen) atoms. The topological polar surface area (TPSA) is 128 Å². The maximum absolute atomic E-state index is 13.7. The number of benzene rings is 1. The number of nitrogens with two attached hydrogens (primary N) is 1. The average molecular weight is 439 g/mol. The molecule has 8 heteroatoms. The summed E-state index contributed by atoms with van der Waals surface area (Å²) >= 11 is 0. The maximum Gasteiger partial charge on any atom is 0.325 e. The van der Waals surface area contributed by atoms with Gasteiger partial charge in [0.15, 0.2) is 0 Å². The molecule has 3 heterocycles. The van der Waals surface area contributed by atoms with Crippen molar-refractivity contribution in [3.05, 3.63) is 35.4 Å². The molecule has 0 bridgehead atoms. The number of amides is 2. The van der Waals surface area contributed by atoms with Crippen LogP contribution in [0, 0.1) is 23.2 Å². The lowest BCUT2D eigenvalue weighted by Crippen LogP contribution is -2.54. The van der Waals surface area contributed by atoms with Gasteiger partial charge < -0.3 is 10.8 Å². The summed E-state index contributed by atoms with van der Waals surface area (Å²) in [6.07, 6.45) is 6.51. The number of aliphatic carboxylic acids is 1. The minimum Gasteiger partial charge on any atom is -0.480 e. The summed E-state index contributed by atoms with van der Waals surface area (Å²) in [6.45, 7) is 0.956. The molecule has 1 aromatic carbocycles. The number of likely N-dealkylation sites (tertiary alicyclic amines) is 1. The van der Waals surface area contributed by atoms with Crippen molar-refractivity contribution in [2.45, 2.75) is 56.5 Å². The van der Waals surface area contributed by atoms with Gasteiger partial charge in [0.1, 0.15) is 11.4 Å². The van der Waals surface area contributed by atoms with Crippen molar-refractivity contribution in [3.8, 4) is 0 Å². The molecular formula is C24H30N4O4. The standard InChI is InChI=1S/C24H30N4O4/c25-20(26)16-9-7-15(8-10-16)19-17-18(24(23(31)32)11-4-12-28(19)24)22(30)27(21(17)29)13-14-5-2-1-3-6-14/h7-10,14,17-19H,1-6,11-13H2,(H3,25,26)(H,31,32). The number of carboxylic acids is 1. The third-order valence-electron chi connectivity index (χ3n) is 8.20. The van der Waals surface area contributed by atoms with E-state index in [1.54, 1.807) is 12.1 Å². The van der Waals surface area contributed by atoms with Gasteiger partial charge in [0, 0.05) is 18.2 Å². The molecule has 0 spiro atoms. The van der Waals surface area contributed by atoms with Gasteiger partial charge in [-0.05, 0) is 43.7 Å². The van der Waals surface area contributed by atoms with E-state index in [1.165, 1.54) is 11.3 Å². The maximum atomic E-state index is 13.7. The first-order valence-electron chi connectivity index (χ1n) is 11.7. The number of fused-ring (bicyclic) bond motifs is 3. The minimum atomic E-state index is -1.33. The van der Waals surface area contributed by atoms with Crippen LogP contribution in [0.15, 0.2) is 24.3 Å². The Morgan fingerprint density at radius 1 is 1.09 bits per heavy atom. The molecule has 3 saturated heterocycles. The van der Waals surface area contributed by atoms with Crippen LogP contribution in [0.2, 0.25) is 0 Å². The fourth-order valence-corrected chi connectivity index (χ4v) is 6.77. The van der Waals surface area contributed by atoms with E-state index >= 15 is 0 Å². The van der Waals surface area contributed by atoms with Gasteiger partial charge in [-0.1, -0.05) is 43.5 Å². The van der Waals surface area contributed by atoms with Crippen molar-refractivity contribution in [2.24, 2.45) is 23.5 Å². The minimum absolute atomic E-state index is 0.0484. The number of hydrogen-bond donors (Lipinski definition) is 3. The van der Waals surface area contributed by atoms with E-state index in [0.717, 1.165) is 31.2 Å². The molecule has 1 saturated carbocycles. The van der Waals surface area contributed by atoms with Crippen LogP contribution >= 0.6 is 0 Å². The Morgan fingerprint density at radius 2 is 1.78 bits per heavy atom. The molecular weight excluding hydrogens is 408 g/mol. The van der Waals surface area contributed by atoms with Gasteiger partial charge >= 0.3 is 5.97 Å². The molecule has 8 nitrogen and oxygen atoms in total. The Balaban J connectivity index is 1.54. The lowest BCUT2D eigenvalue weighted by atomic mass is 9.77. The molecule has 1 aliphatic carbocycles. The summed E-state index contributed by atoms with van der Waals surface area (Å²) in [5.41, 5.74) is 5.63. The number of rotatable bonds is 5. The Hall–Kier alpha value is -2.74. The molecule has 4 unspecified atom stereocenters. The van der Waals surface area contributed by atoms with E-state index in [4.69, 9.17) is 11.1 Å². The van der Waals surface area contributed by atoms with Crippen molar-refractivity contribution in [1.82, 2.24) is 9.80 Å². The number of carbonyl (C=O) groups is 3. The second-order valence-corrected chi connectivity index (χ2v) is 9.80. The SMILES string of the molecule is N=C(N)c1ccc(C2C3C(=O)N(CC4CCCCC4)C(=O)C3C3(C(=O)O)CCCN23)cc1. The molecule has 1 aromatic rings. The van der Waals surface area contributed by atoms with E-state index in [2.05, 4.69) is 0 Å². The van der Waals surface area contributed by atoms with Crippen LogP contribution in [0.1, 0.15) is 62.1 Å². The van der Waals surface area contributed by atoms with E-state index in [-0.39, 0.29) is 17.6 Å². The van der Waals surface area contributed by atoms with Crippen LogP contribution in [0.3, 0.4) is 0 Å². The highest BCUT2D eigenvalue weighted by Gasteiger charge is 2.73. The third kappa shape index (κ3) is 2.92. The first-order chi connectivity index (χ1) is 15.4. The van der Waals surface area contributed by atoms with Crippen LogP contribution in [0.4, 0.5) is 0 Å². The fraction of sp³-hybridized carbons (Fsp3) is 0.583. The van der Waals surface area contributed by atoms with Crippen molar-refractivity contribution in [1.29, 1.82) is 5.41 Å². The van der Waals surface area contributed by atoms with Gasteiger partial charge in [0.25, 0.3) is 0 Å². The molecule has 5 rings (SSSR count). The zero-order chi connectivity index (χ0) is 22.6. The van der Waals surface area contributed by atoms with Gasteiger partial charge in [0.05, 0.1) is 11.8 Å². The fourth-order valence-electron chi connectivity index (χ4n) is 6.77.